The fourth-order valence-electron chi connectivity index (χ4n) is 2.79. The monoisotopic (exact) mass is 277 g/mol. The van der Waals surface area contributed by atoms with E-state index in [0.29, 0.717) is 23.4 Å². The van der Waals surface area contributed by atoms with Gasteiger partial charge in [0.25, 0.3) is 0 Å². The summed E-state index contributed by atoms with van der Waals surface area (Å²) in [6.45, 7) is 4.56. The quantitative estimate of drug-likeness (QED) is 0.893. The summed E-state index contributed by atoms with van der Waals surface area (Å²) in [5.74, 6) is 1.32. The Labute approximate surface area is 107 Å². The lowest BCUT2D eigenvalue weighted by Crippen LogP contribution is -2.25. The van der Waals surface area contributed by atoms with E-state index in [-0.39, 0.29) is 0 Å². The van der Waals surface area contributed by atoms with Gasteiger partial charge in [0.05, 0.1) is 12.7 Å². The highest BCUT2D eigenvalue weighted by Gasteiger charge is 2.37. The topological polar surface area (TPSA) is 28.2 Å². The number of nitrogens with one attached hydrogen (secondary N) is 1. The molecule has 3 heterocycles. The Bertz CT molecular complexity index is 419. The van der Waals surface area contributed by atoms with E-state index < -0.39 is 11.1 Å². The molecule has 2 aliphatic heterocycles. The normalized spacial score (nSPS) is 28.8. The Morgan fingerprint density at radius 3 is 2.56 bits per heavy atom. The fourth-order valence-corrected chi connectivity index (χ4v) is 3.61. The molecule has 18 heavy (non-hydrogen) atoms. The molecule has 100 valence electrons. The number of thiazole rings is 1. The van der Waals surface area contributed by atoms with E-state index in [2.05, 4.69) is 15.2 Å². The Balaban J connectivity index is 1.62. The first-order chi connectivity index (χ1) is 8.52. The van der Waals surface area contributed by atoms with E-state index in [1.54, 1.807) is 0 Å². The summed E-state index contributed by atoms with van der Waals surface area (Å²) in [5.41, 5.74) is 0. The first-order valence-corrected chi connectivity index (χ1v) is 6.79. The van der Waals surface area contributed by atoms with Crippen LogP contribution >= 0.6 is 11.3 Å². The Kier molecular flexibility index (Phi) is 3.07. The summed E-state index contributed by atoms with van der Waals surface area (Å²) in [7, 11) is 0. The second kappa shape index (κ2) is 4.47. The molecule has 0 unspecified atom stereocenters. The Morgan fingerprint density at radius 2 is 2.00 bits per heavy atom. The van der Waals surface area contributed by atoms with Crippen molar-refractivity contribution in [3.05, 3.63) is 16.1 Å². The number of hydrogen-bond donors (Lipinski definition) is 1. The van der Waals surface area contributed by atoms with Gasteiger partial charge in [-0.2, -0.15) is 13.2 Å². The van der Waals surface area contributed by atoms with Crippen LogP contribution in [0.1, 0.15) is 9.88 Å². The van der Waals surface area contributed by atoms with Crippen LogP contribution in [0.25, 0.3) is 0 Å². The third-order valence-electron chi connectivity index (χ3n) is 3.66. The van der Waals surface area contributed by atoms with Gasteiger partial charge in [0, 0.05) is 13.1 Å². The van der Waals surface area contributed by atoms with Crippen LogP contribution in [-0.2, 0) is 12.7 Å². The van der Waals surface area contributed by atoms with Gasteiger partial charge in [0.2, 0.25) is 0 Å². The van der Waals surface area contributed by atoms with Crippen molar-refractivity contribution in [2.45, 2.75) is 12.7 Å². The number of nitrogens with zero attached hydrogens (tertiary/aromatic N) is 2. The van der Waals surface area contributed by atoms with Gasteiger partial charge in [-0.25, -0.2) is 4.98 Å². The molecule has 0 amide bonds. The third kappa shape index (κ3) is 2.39. The van der Waals surface area contributed by atoms with Gasteiger partial charge < -0.3 is 5.32 Å². The summed E-state index contributed by atoms with van der Waals surface area (Å²) >= 11 is 0.761. The Morgan fingerprint density at radius 1 is 1.33 bits per heavy atom. The van der Waals surface area contributed by atoms with E-state index in [1.165, 1.54) is 0 Å². The van der Waals surface area contributed by atoms with Gasteiger partial charge in [0.1, 0.15) is 9.88 Å². The highest BCUT2D eigenvalue weighted by molar-refractivity contribution is 7.11. The lowest BCUT2D eigenvalue weighted by atomic mass is 10.0. The first-order valence-electron chi connectivity index (χ1n) is 5.97. The van der Waals surface area contributed by atoms with Crippen molar-refractivity contribution < 1.29 is 13.2 Å². The van der Waals surface area contributed by atoms with E-state index in [4.69, 9.17) is 0 Å². The van der Waals surface area contributed by atoms with Crippen LogP contribution < -0.4 is 5.32 Å². The van der Waals surface area contributed by atoms with Gasteiger partial charge in [-0.1, -0.05) is 0 Å². The second-order valence-corrected chi connectivity index (χ2v) is 6.10. The summed E-state index contributed by atoms with van der Waals surface area (Å²) in [4.78, 5) is 5.50. The highest BCUT2D eigenvalue weighted by atomic mass is 32.1. The summed E-state index contributed by atoms with van der Waals surface area (Å²) < 4.78 is 37.4. The molecule has 0 radical (unpaired) electrons. The molecule has 1 N–H and O–H groups in total. The molecule has 3 nitrogen and oxygen atoms in total. The summed E-state index contributed by atoms with van der Waals surface area (Å²) in [6, 6.07) is 0. The van der Waals surface area contributed by atoms with Crippen molar-refractivity contribution in [2.24, 2.45) is 11.8 Å². The van der Waals surface area contributed by atoms with Crippen LogP contribution in [0, 0.1) is 11.8 Å². The largest absolute Gasteiger partial charge is 0.427 e. The number of halogens is 3. The summed E-state index contributed by atoms with van der Waals surface area (Å²) in [5, 5.41) is 3.91. The first kappa shape index (κ1) is 12.4. The fraction of sp³-hybridized carbons (Fsp3) is 0.727. The van der Waals surface area contributed by atoms with E-state index in [0.717, 1.165) is 43.7 Å². The molecular formula is C11H14F3N3S. The summed E-state index contributed by atoms with van der Waals surface area (Å²) in [6.07, 6.45) is -3.32. The molecule has 2 atom stereocenters. The van der Waals surface area contributed by atoms with Crippen molar-refractivity contribution in [1.82, 2.24) is 15.2 Å². The van der Waals surface area contributed by atoms with Crippen molar-refractivity contribution in [3.63, 3.8) is 0 Å². The molecule has 0 bridgehead atoms. The van der Waals surface area contributed by atoms with Crippen LogP contribution in [0.4, 0.5) is 13.2 Å². The molecule has 2 aliphatic rings. The van der Waals surface area contributed by atoms with Gasteiger partial charge in [-0.15, -0.1) is 11.3 Å². The average molecular weight is 277 g/mol. The van der Waals surface area contributed by atoms with Gasteiger partial charge in [0.15, 0.2) is 0 Å². The molecule has 0 saturated carbocycles. The van der Waals surface area contributed by atoms with Crippen LogP contribution in [0.2, 0.25) is 0 Å². The average Bonchev–Trinajstić information content (AvgIpc) is 2.90. The number of fused-ring (bicyclic) bond motifs is 1. The van der Waals surface area contributed by atoms with Crippen LogP contribution in [0.5, 0.6) is 0 Å². The third-order valence-corrected chi connectivity index (χ3v) is 4.68. The SMILES string of the molecule is FC(F)(F)c1cnc(CN2C[C@H]3CNC[C@H]3C2)s1. The maximum absolute atomic E-state index is 12.5. The lowest BCUT2D eigenvalue weighted by Gasteiger charge is -2.14. The van der Waals surface area contributed by atoms with Crippen molar-refractivity contribution >= 4 is 11.3 Å². The van der Waals surface area contributed by atoms with Crippen molar-refractivity contribution in [2.75, 3.05) is 26.2 Å². The van der Waals surface area contributed by atoms with Crippen LogP contribution in [0.3, 0.4) is 0 Å². The van der Waals surface area contributed by atoms with E-state index in [1.807, 2.05) is 0 Å². The Hall–Kier alpha value is -0.660. The minimum Gasteiger partial charge on any atom is -0.316 e. The number of alkyl halides is 3. The maximum atomic E-state index is 12.5. The number of hydrogen-bond acceptors (Lipinski definition) is 4. The second-order valence-electron chi connectivity index (χ2n) is 4.99. The van der Waals surface area contributed by atoms with E-state index >= 15 is 0 Å². The minimum absolute atomic E-state index is 0.549. The molecule has 0 aliphatic carbocycles. The number of likely N-dealkylation sites (tertiary alicyclic amines) is 1. The molecule has 1 aromatic rings. The predicted molar refractivity (Wildman–Crippen MR) is 62.2 cm³/mol. The molecule has 0 spiro atoms. The number of rotatable bonds is 2. The molecular weight excluding hydrogens is 263 g/mol. The molecule has 3 rings (SSSR count). The molecule has 2 fully saturated rings. The molecule has 1 aromatic heterocycles. The molecule has 7 heteroatoms. The number of aromatic nitrogens is 1. The molecule has 0 aromatic carbocycles. The maximum Gasteiger partial charge on any atom is 0.427 e. The van der Waals surface area contributed by atoms with Crippen LogP contribution in [-0.4, -0.2) is 36.1 Å². The lowest BCUT2D eigenvalue weighted by molar-refractivity contribution is -0.134. The zero-order valence-corrected chi connectivity index (χ0v) is 10.5. The van der Waals surface area contributed by atoms with Gasteiger partial charge in [-0.05, 0) is 24.9 Å². The zero-order chi connectivity index (χ0) is 12.8. The highest BCUT2D eigenvalue weighted by Crippen LogP contribution is 2.34. The zero-order valence-electron chi connectivity index (χ0n) is 9.70. The van der Waals surface area contributed by atoms with Gasteiger partial charge in [-0.3, -0.25) is 4.90 Å². The smallest absolute Gasteiger partial charge is 0.316 e. The van der Waals surface area contributed by atoms with Crippen molar-refractivity contribution in [3.8, 4) is 0 Å². The van der Waals surface area contributed by atoms with E-state index in [9.17, 15) is 13.2 Å². The predicted octanol–water partition coefficient (Wildman–Crippen LogP) is 1.81. The van der Waals surface area contributed by atoms with Crippen molar-refractivity contribution in [1.29, 1.82) is 0 Å². The van der Waals surface area contributed by atoms with Crippen LogP contribution in [0.15, 0.2) is 6.20 Å². The standard InChI is InChI=1S/C11H14F3N3S/c12-11(13,14)9-3-16-10(18-9)6-17-4-7-1-15-2-8(7)5-17/h3,7-8,15H,1-2,4-6H2/t7-,8+. The molecule has 2 saturated heterocycles. The van der Waals surface area contributed by atoms with Gasteiger partial charge >= 0.3 is 6.18 Å². The minimum atomic E-state index is -4.26.